The highest BCUT2D eigenvalue weighted by molar-refractivity contribution is 6.03. The van der Waals surface area contributed by atoms with Gasteiger partial charge in [0.1, 0.15) is 5.69 Å². The van der Waals surface area contributed by atoms with Crippen molar-refractivity contribution in [1.82, 2.24) is 9.97 Å². The van der Waals surface area contributed by atoms with Crippen molar-refractivity contribution in [3.63, 3.8) is 0 Å². The van der Waals surface area contributed by atoms with Crippen LogP contribution in [0.25, 0.3) is 0 Å². The summed E-state index contributed by atoms with van der Waals surface area (Å²) in [5.41, 5.74) is 5.72. The minimum Gasteiger partial charge on any atom is -0.324 e. The van der Waals surface area contributed by atoms with Gasteiger partial charge in [0.25, 0.3) is 5.91 Å². The number of nitrogens with two attached hydrogens (primary N) is 1. The van der Waals surface area contributed by atoms with E-state index in [0.717, 1.165) is 11.4 Å². The largest absolute Gasteiger partial charge is 0.324 e. The number of hydrazine groups is 1. The molecule has 0 radical (unpaired) electrons. The molecular weight excluding hydrogens is 242 g/mol. The van der Waals surface area contributed by atoms with E-state index in [4.69, 9.17) is 5.84 Å². The van der Waals surface area contributed by atoms with Crippen molar-refractivity contribution in [2.75, 3.05) is 10.7 Å². The van der Waals surface area contributed by atoms with Crippen molar-refractivity contribution in [1.29, 1.82) is 0 Å². The normalized spacial score (nSPS) is 10.1. The molecule has 0 aliphatic heterocycles. The summed E-state index contributed by atoms with van der Waals surface area (Å²) >= 11 is 0. The molecule has 6 heteroatoms. The molecule has 0 bridgehead atoms. The number of nitrogens with zero attached hydrogens (tertiary/aromatic N) is 2. The van der Waals surface area contributed by atoms with Gasteiger partial charge in [-0.15, -0.1) is 0 Å². The van der Waals surface area contributed by atoms with Crippen LogP contribution in [0.3, 0.4) is 0 Å². The van der Waals surface area contributed by atoms with Gasteiger partial charge in [-0.25, -0.2) is 0 Å². The summed E-state index contributed by atoms with van der Waals surface area (Å²) in [5, 5.41) is 2.77. The van der Waals surface area contributed by atoms with E-state index < -0.39 is 0 Å². The third-order valence-electron chi connectivity index (χ3n) is 2.63. The Hall–Kier alpha value is -2.47. The first kappa shape index (κ1) is 13.0. The second-order valence-electron chi connectivity index (χ2n) is 4.11. The number of rotatable bonds is 3. The summed E-state index contributed by atoms with van der Waals surface area (Å²) in [6, 6.07) is 6.91. The summed E-state index contributed by atoms with van der Waals surface area (Å²) in [5.74, 6) is 4.99. The third-order valence-corrected chi connectivity index (χ3v) is 2.63. The maximum Gasteiger partial charge on any atom is 0.274 e. The standard InChI is InChI=1S/C13H15N5O/c1-8-3-4-11(9(2)16-8)17-13(19)12-7-10(18-14)5-6-15-12/h3-7H,14H2,1-2H3,(H,15,18)(H,17,19). The van der Waals surface area contributed by atoms with E-state index in [1.165, 1.54) is 6.20 Å². The van der Waals surface area contributed by atoms with Crippen LogP contribution >= 0.6 is 0 Å². The number of nitrogens with one attached hydrogen (secondary N) is 2. The molecule has 6 nitrogen and oxygen atoms in total. The number of carbonyl (C=O) groups excluding carboxylic acids is 1. The van der Waals surface area contributed by atoms with Gasteiger partial charge in [-0.3, -0.25) is 20.6 Å². The van der Waals surface area contributed by atoms with Crippen LogP contribution in [0, 0.1) is 13.8 Å². The van der Waals surface area contributed by atoms with Crippen LogP contribution in [0.4, 0.5) is 11.4 Å². The topological polar surface area (TPSA) is 92.9 Å². The molecule has 0 unspecified atom stereocenters. The van der Waals surface area contributed by atoms with Gasteiger partial charge in [-0.2, -0.15) is 0 Å². The predicted molar refractivity (Wildman–Crippen MR) is 73.7 cm³/mol. The Bertz CT molecular complexity index is 612. The lowest BCUT2D eigenvalue weighted by atomic mass is 10.2. The van der Waals surface area contributed by atoms with Crippen LogP contribution in [-0.4, -0.2) is 15.9 Å². The lowest BCUT2D eigenvalue weighted by Crippen LogP contribution is -2.16. The third kappa shape index (κ3) is 3.05. The van der Waals surface area contributed by atoms with Crippen molar-refractivity contribution in [2.24, 2.45) is 5.84 Å². The van der Waals surface area contributed by atoms with E-state index in [9.17, 15) is 4.79 Å². The Labute approximate surface area is 111 Å². The Kier molecular flexibility index (Phi) is 3.72. The number of hydrogen-bond acceptors (Lipinski definition) is 5. The molecular formula is C13H15N5O. The van der Waals surface area contributed by atoms with Crippen molar-refractivity contribution in [3.8, 4) is 0 Å². The van der Waals surface area contributed by atoms with Crippen LogP contribution in [-0.2, 0) is 0 Å². The molecule has 0 aliphatic rings. The van der Waals surface area contributed by atoms with Crippen LogP contribution in [0.15, 0.2) is 30.5 Å². The van der Waals surface area contributed by atoms with Gasteiger partial charge in [0.05, 0.1) is 17.1 Å². The molecule has 0 atom stereocenters. The highest BCUT2D eigenvalue weighted by Crippen LogP contribution is 2.14. The highest BCUT2D eigenvalue weighted by Gasteiger charge is 2.10. The summed E-state index contributed by atoms with van der Waals surface area (Å²) in [7, 11) is 0. The number of amides is 1. The zero-order chi connectivity index (χ0) is 13.8. The minimum absolute atomic E-state index is 0.287. The van der Waals surface area contributed by atoms with Gasteiger partial charge in [-0.1, -0.05) is 0 Å². The van der Waals surface area contributed by atoms with E-state index in [1.807, 2.05) is 26.0 Å². The smallest absolute Gasteiger partial charge is 0.274 e. The summed E-state index contributed by atoms with van der Waals surface area (Å²) in [4.78, 5) is 20.3. The second kappa shape index (κ2) is 5.45. The van der Waals surface area contributed by atoms with Crippen LogP contribution in [0.2, 0.25) is 0 Å². The Morgan fingerprint density at radius 3 is 2.74 bits per heavy atom. The van der Waals surface area contributed by atoms with Gasteiger partial charge in [-0.05, 0) is 38.1 Å². The molecule has 2 aromatic rings. The number of carbonyl (C=O) groups is 1. The second-order valence-corrected chi connectivity index (χ2v) is 4.11. The molecule has 2 heterocycles. The molecule has 2 rings (SSSR count). The molecule has 4 N–H and O–H groups in total. The predicted octanol–water partition coefficient (Wildman–Crippen LogP) is 1.63. The van der Waals surface area contributed by atoms with E-state index in [1.54, 1.807) is 12.1 Å². The number of hydrogen-bond donors (Lipinski definition) is 3. The lowest BCUT2D eigenvalue weighted by Gasteiger charge is -2.08. The van der Waals surface area contributed by atoms with Crippen LogP contribution in [0.1, 0.15) is 21.9 Å². The van der Waals surface area contributed by atoms with E-state index in [0.29, 0.717) is 11.4 Å². The zero-order valence-electron chi connectivity index (χ0n) is 10.8. The minimum atomic E-state index is -0.300. The van der Waals surface area contributed by atoms with E-state index in [2.05, 4.69) is 20.7 Å². The summed E-state index contributed by atoms with van der Waals surface area (Å²) in [6.07, 6.45) is 1.52. The van der Waals surface area contributed by atoms with E-state index >= 15 is 0 Å². The highest BCUT2D eigenvalue weighted by atomic mass is 16.1. The average Bonchev–Trinajstić information content (AvgIpc) is 2.42. The first-order chi connectivity index (χ1) is 9.10. The average molecular weight is 257 g/mol. The van der Waals surface area contributed by atoms with Gasteiger partial charge >= 0.3 is 0 Å². The maximum absolute atomic E-state index is 12.0. The van der Waals surface area contributed by atoms with Crippen molar-refractivity contribution >= 4 is 17.3 Å². The van der Waals surface area contributed by atoms with Gasteiger partial charge in [0, 0.05) is 11.9 Å². The van der Waals surface area contributed by atoms with Crippen molar-refractivity contribution in [2.45, 2.75) is 13.8 Å². The molecule has 0 fully saturated rings. The number of anilines is 2. The zero-order valence-corrected chi connectivity index (χ0v) is 10.8. The van der Waals surface area contributed by atoms with Crippen molar-refractivity contribution in [3.05, 3.63) is 47.5 Å². The molecule has 98 valence electrons. The lowest BCUT2D eigenvalue weighted by molar-refractivity contribution is 0.102. The monoisotopic (exact) mass is 257 g/mol. The number of nitrogen functional groups attached to an aromatic ring is 1. The number of aromatic nitrogens is 2. The fourth-order valence-corrected chi connectivity index (χ4v) is 1.65. The molecule has 1 amide bonds. The maximum atomic E-state index is 12.0. The molecule has 2 aromatic heterocycles. The van der Waals surface area contributed by atoms with Crippen LogP contribution < -0.4 is 16.6 Å². The fourth-order valence-electron chi connectivity index (χ4n) is 1.65. The first-order valence-electron chi connectivity index (χ1n) is 5.78. The fraction of sp³-hybridized carbons (Fsp3) is 0.154. The molecule has 0 aliphatic carbocycles. The summed E-state index contributed by atoms with van der Waals surface area (Å²) < 4.78 is 0. The van der Waals surface area contributed by atoms with Gasteiger partial charge in [0.15, 0.2) is 0 Å². The summed E-state index contributed by atoms with van der Waals surface area (Å²) in [6.45, 7) is 3.74. The van der Waals surface area contributed by atoms with Gasteiger partial charge < -0.3 is 10.7 Å². The van der Waals surface area contributed by atoms with Crippen LogP contribution in [0.5, 0.6) is 0 Å². The quantitative estimate of drug-likeness (QED) is 0.574. The van der Waals surface area contributed by atoms with Gasteiger partial charge in [0.2, 0.25) is 0 Å². The first-order valence-corrected chi connectivity index (χ1v) is 5.78. The number of pyridine rings is 2. The molecule has 0 saturated carbocycles. The Morgan fingerprint density at radius 1 is 1.26 bits per heavy atom. The Morgan fingerprint density at radius 2 is 2.05 bits per heavy atom. The number of aryl methyl sites for hydroxylation is 2. The molecule has 0 spiro atoms. The van der Waals surface area contributed by atoms with E-state index in [-0.39, 0.29) is 11.6 Å². The van der Waals surface area contributed by atoms with Crippen molar-refractivity contribution < 1.29 is 4.79 Å². The molecule has 0 saturated heterocycles. The molecule has 0 aromatic carbocycles. The SMILES string of the molecule is Cc1ccc(NC(=O)c2cc(NN)ccn2)c(C)n1. The Balaban J connectivity index is 2.20. The molecule has 19 heavy (non-hydrogen) atoms.